The van der Waals surface area contributed by atoms with Crippen molar-refractivity contribution in [1.29, 1.82) is 0 Å². The standard InChI is InChI=1S/C15H26N4/c1-3-13-6-5-10-19(11-9-13)15-8-7-14(17-18-15)12-16-4-2/h7-8,13,16H,3-6,9-12H2,1-2H3. The highest BCUT2D eigenvalue weighted by atomic mass is 15.3. The van der Waals surface area contributed by atoms with Gasteiger partial charge in [-0.1, -0.05) is 20.3 Å². The topological polar surface area (TPSA) is 41.0 Å². The summed E-state index contributed by atoms with van der Waals surface area (Å²) in [6.07, 6.45) is 5.23. The lowest BCUT2D eigenvalue weighted by molar-refractivity contribution is 0.459. The normalized spacial score (nSPS) is 20.3. The summed E-state index contributed by atoms with van der Waals surface area (Å²) < 4.78 is 0. The van der Waals surface area contributed by atoms with Gasteiger partial charge in [-0.3, -0.25) is 0 Å². The van der Waals surface area contributed by atoms with Crippen molar-refractivity contribution in [1.82, 2.24) is 15.5 Å². The molecule has 1 saturated heterocycles. The van der Waals surface area contributed by atoms with Crippen molar-refractivity contribution in [3.63, 3.8) is 0 Å². The Morgan fingerprint density at radius 1 is 1.21 bits per heavy atom. The average Bonchev–Trinajstić information content (AvgIpc) is 2.71. The summed E-state index contributed by atoms with van der Waals surface area (Å²) in [6, 6.07) is 4.21. The van der Waals surface area contributed by atoms with E-state index < -0.39 is 0 Å². The van der Waals surface area contributed by atoms with Crippen molar-refractivity contribution in [2.24, 2.45) is 5.92 Å². The molecule has 1 fully saturated rings. The molecule has 2 rings (SSSR count). The third-order valence-electron chi connectivity index (χ3n) is 4.01. The molecule has 2 heterocycles. The minimum atomic E-state index is 0.807. The molecule has 1 aliphatic heterocycles. The van der Waals surface area contributed by atoms with Crippen LogP contribution < -0.4 is 10.2 Å². The molecule has 0 spiro atoms. The summed E-state index contributed by atoms with van der Waals surface area (Å²) in [7, 11) is 0. The van der Waals surface area contributed by atoms with Crippen LogP contribution in [0.15, 0.2) is 12.1 Å². The molecule has 4 nitrogen and oxygen atoms in total. The molecule has 0 aromatic carbocycles. The molecule has 0 radical (unpaired) electrons. The largest absolute Gasteiger partial charge is 0.355 e. The first kappa shape index (κ1) is 14.3. The lowest BCUT2D eigenvalue weighted by Gasteiger charge is -2.21. The van der Waals surface area contributed by atoms with Gasteiger partial charge in [-0.25, -0.2) is 0 Å². The summed E-state index contributed by atoms with van der Waals surface area (Å²) >= 11 is 0. The second-order valence-corrected chi connectivity index (χ2v) is 5.36. The van der Waals surface area contributed by atoms with Crippen molar-refractivity contribution < 1.29 is 0 Å². The molecule has 0 bridgehead atoms. The summed E-state index contributed by atoms with van der Waals surface area (Å²) in [6.45, 7) is 8.42. The van der Waals surface area contributed by atoms with Gasteiger partial charge in [0.25, 0.3) is 0 Å². The highest BCUT2D eigenvalue weighted by Gasteiger charge is 2.16. The van der Waals surface area contributed by atoms with Crippen LogP contribution in [-0.4, -0.2) is 29.8 Å². The first-order chi connectivity index (χ1) is 9.33. The molecule has 0 aliphatic carbocycles. The zero-order valence-electron chi connectivity index (χ0n) is 12.2. The van der Waals surface area contributed by atoms with Gasteiger partial charge in [0.2, 0.25) is 0 Å². The van der Waals surface area contributed by atoms with Gasteiger partial charge < -0.3 is 10.2 Å². The Balaban J connectivity index is 1.93. The van der Waals surface area contributed by atoms with Gasteiger partial charge in [-0.2, -0.15) is 5.10 Å². The van der Waals surface area contributed by atoms with E-state index in [9.17, 15) is 0 Å². The molecule has 1 aromatic rings. The third-order valence-corrected chi connectivity index (χ3v) is 4.01. The predicted octanol–water partition coefficient (Wildman–Crippen LogP) is 2.60. The molecule has 1 N–H and O–H groups in total. The van der Waals surface area contributed by atoms with Crippen LogP contribution in [0, 0.1) is 5.92 Å². The summed E-state index contributed by atoms with van der Waals surface area (Å²) in [5, 5.41) is 12.0. The number of nitrogens with zero attached hydrogens (tertiary/aromatic N) is 3. The Morgan fingerprint density at radius 2 is 2.11 bits per heavy atom. The monoisotopic (exact) mass is 262 g/mol. The van der Waals surface area contributed by atoms with Crippen LogP contribution in [-0.2, 0) is 6.54 Å². The Labute approximate surface area is 116 Å². The van der Waals surface area contributed by atoms with Crippen LogP contribution in [0.1, 0.15) is 45.2 Å². The molecule has 1 aromatic heterocycles. The minimum absolute atomic E-state index is 0.807. The number of rotatable bonds is 5. The van der Waals surface area contributed by atoms with Gasteiger partial charge in [0.15, 0.2) is 5.82 Å². The van der Waals surface area contributed by atoms with E-state index in [1.54, 1.807) is 0 Å². The number of anilines is 1. The quantitative estimate of drug-likeness (QED) is 0.885. The average molecular weight is 262 g/mol. The fraction of sp³-hybridized carbons (Fsp3) is 0.733. The molecule has 106 valence electrons. The molecule has 19 heavy (non-hydrogen) atoms. The van der Waals surface area contributed by atoms with Crippen LogP contribution >= 0.6 is 0 Å². The lowest BCUT2D eigenvalue weighted by Crippen LogP contribution is -2.25. The molecule has 0 amide bonds. The van der Waals surface area contributed by atoms with Gasteiger partial charge in [-0.05, 0) is 43.9 Å². The van der Waals surface area contributed by atoms with E-state index in [0.29, 0.717) is 0 Å². The van der Waals surface area contributed by atoms with Gasteiger partial charge in [0.05, 0.1) is 5.69 Å². The summed E-state index contributed by atoms with van der Waals surface area (Å²) in [5.41, 5.74) is 1.02. The number of hydrogen-bond donors (Lipinski definition) is 1. The molecule has 1 aliphatic rings. The Morgan fingerprint density at radius 3 is 2.79 bits per heavy atom. The van der Waals surface area contributed by atoms with Gasteiger partial charge >= 0.3 is 0 Å². The van der Waals surface area contributed by atoms with E-state index >= 15 is 0 Å². The van der Waals surface area contributed by atoms with Crippen molar-refractivity contribution >= 4 is 5.82 Å². The predicted molar refractivity (Wildman–Crippen MR) is 79.3 cm³/mol. The van der Waals surface area contributed by atoms with E-state index in [4.69, 9.17) is 0 Å². The van der Waals surface area contributed by atoms with Gasteiger partial charge in [-0.15, -0.1) is 5.10 Å². The second-order valence-electron chi connectivity index (χ2n) is 5.36. The van der Waals surface area contributed by atoms with E-state index in [-0.39, 0.29) is 0 Å². The van der Waals surface area contributed by atoms with Crippen LogP contribution in [0.2, 0.25) is 0 Å². The summed E-state index contributed by atoms with van der Waals surface area (Å²) in [4.78, 5) is 2.39. The number of hydrogen-bond acceptors (Lipinski definition) is 4. The van der Waals surface area contributed by atoms with Gasteiger partial charge in [0, 0.05) is 19.6 Å². The highest BCUT2D eigenvalue weighted by Crippen LogP contribution is 2.22. The number of aromatic nitrogens is 2. The zero-order valence-corrected chi connectivity index (χ0v) is 12.2. The van der Waals surface area contributed by atoms with Crippen molar-refractivity contribution in [3.05, 3.63) is 17.8 Å². The van der Waals surface area contributed by atoms with E-state index in [1.807, 2.05) is 0 Å². The molecule has 1 atom stereocenters. The molecular formula is C15H26N4. The van der Waals surface area contributed by atoms with Crippen LogP contribution in [0.5, 0.6) is 0 Å². The maximum absolute atomic E-state index is 4.38. The smallest absolute Gasteiger partial charge is 0.151 e. The first-order valence-corrected chi connectivity index (χ1v) is 7.61. The molecule has 4 heteroatoms. The van der Waals surface area contributed by atoms with Crippen LogP contribution in [0.3, 0.4) is 0 Å². The SMILES string of the molecule is CCNCc1ccc(N2CCCC(CC)CC2)nn1. The molecule has 1 unspecified atom stereocenters. The zero-order chi connectivity index (χ0) is 13.5. The van der Waals surface area contributed by atoms with Crippen molar-refractivity contribution in [3.8, 4) is 0 Å². The lowest BCUT2D eigenvalue weighted by atomic mass is 9.98. The minimum Gasteiger partial charge on any atom is -0.355 e. The van der Waals surface area contributed by atoms with Gasteiger partial charge in [0.1, 0.15) is 0 Å². The molecule has 0 saturated carbocycles. The maximum Gasteiger partial charge on any atom is 0.151 e. The summed E-state index contributed by atoms with van der Waals surface area (Å²) in [5.74, 6) is 1.93. The fourth-order valence-electron chi connectivity index (χ4n) is 2.67. The highest BCUT2D eigenvalue weighted by molar-refractivity contribution is 5.37. The first-order valence-electron chi connectivity index (χ1n) is 7.61. The molecular weight excluding hydrogens is 236 g/mol. The van der Waals surface area contributed by atoms with E-state index in [2.05, 4.69) is 46.4 Å². The second kappa shape index (κ2) is 7.43. The third kappa shape index (κ3) is 4.16. The Bertz CT molecular complexity index is 363. The Kier molecular flexibility index (Phi) is 5.58. The van der Waals surface area contributed by atoms with E-state index in [0.717, 1.165) is 43.6 Å². The fourth-order valence-corrected chi connectivity index (χ4v) is 2.67. The van der Waals surface area contributed by atoms with Crippen LogP contribution in [0.4, 0.5) is 5.82 Å². The van der Waals surface area contributed by atoms with Crippen molar-refractivity contribution in [2.45, 2.75) is 46.1 Å². The van der Waals surface area contributed by atoms with Crippen molar-refractivity contribution in [2.75, 3.05) is 24.5 Å². The van der Waals surface area contributed by atoms with E-state index in [1.165, 1.54) is 25.7 Å². The van der Waals surface area contributed by atoms with Crippen LogP contribution in [0.25, 0.3) is 0 Å². The Hall–Kier alpha value is -1.16. The maximum atomic E-state index is 4.38. The number of nitrogens with one attached hydrogen (secondary N) is 1.